The Kier molecular flexibility index (Phi) is 5.79. The van der Waals surface area contributed by atoms with Crippen LogP contribution in [0.3, 0.4) is 0 Å². The number of hydrogen-bond acceptors (Lipinski definition) is 6. The summed E-state index contributed by atoms with van der Waals surface area (Å²) < 4.78 is 9.50. The van der Waals surface area contributed by atoms with Crippen LogP contribution in [0.5, 0.6) is 0 Å². The summed E-state index contributed by atoms with van der Waals surface area (Å²) in [6.45, 7) is 5.06. The van der Waals surface area contributed by atoms with Crippen molar-refractivity contribution in [3.8, 4) is 5.69 Å². The zero-order valence-corrected chi connectivity index (χ0v) is 19.2. The summed E-state index contributed by atoms with van der Waals surface area (Å²) in [6, 6.07) is 9.97. The van der Waals surface area contributed by atoms with E-state index in [1.165, 1.54) is 0 Å². The van der Waals surface area contributed by atoms with Crippen molar-refractivity contribution in [3.05, 3.63) is 64.0 Å². The quantitative estimate of drug-likeness (QED) is 0.392. The molecule has 1 aliphatic heterocycles. The summed E-state index contributed by atoms with van der Waals surface area (Å²) in [7, 11) is 0. The molecule has 31 heavy (non-hydrogen) atoms. The van der Waals surface area contributed by atoms with Gasteiger partial charge in [-0.25, -0.2) is 4.98 Å². The highest BCUT2D eigenvalue weighted by Crippen LogP contribution is 2.31. The zero-order valence-electron chi connectivity index (χ0n) is 16.8. The highest BCUT2D eigenvalue weighted by Gasteiger charge is 2.23. The van der Waals surface area contributed by atoms with Gasteiger partial charge >= 0.3 is 0 Å². The molecule has 0 amide bonds. The van der Waals surface area contributed by atoms with Crippen molar-refractivity contribution in [3.63, 3.8) is 0 Å². The van der Waals surface area contributed by atoms with Crippen LogP contribution in [0.4, 0.5) is 5.95 Å². The van der Waals surface area contributed by atoms with Crippen molar-refractivity contribution in [1.82, 2.24) is 24.1 Å². The number of ether oxygens (including phenoxy) is 1. The van der Waals surface area contributed by atoms with E-state index in [1.807, 2.05) is 22.7 Å². The molecule has 0 aliphatic carbocycles. The Bertz CT molecular complexity index is 1230. The molecule has 0 bridgehead atoms. The summed E-state index contributed by atoms with van der Waals surface area (Å²) >= 11 is 14.0. The molecule has 1 aromatic carbocycles. The lowest BCUT2D eigenvalue weighted by molar-refractivity contribution is 0.122. The summed E-state index contributed by atoms with van der Waals surface area (Å²) in [5.41, 5.74) is 3.81. The molecule has 3 aromatic heterocycles. The number of benzene rings is 1. The van der Waals surface area contributed by atoms with Crippen LogP contribution < -0.4 is 4.90 Å². The first-order valence-electron chi connectivity index (χ1n) is 9.90. The van der Waals surface area contributed by atoms with Crippen molar-refractivity contribution < 1.29 is 4.74 Å². The average Bonchev–Trinajstić information content (AvgIpc) is 3.37. The fourth-order valence-corrected chi connectivity index (χ4v) is 4.98. The Labute approximate surface area is 193 Å². The maximum absolute atomic E-state index is 6.29. The van der Waals surface area contributed by atoms with Gasteiger partial charge in [0.2, 0.25) is 5.95 Å². The van der Waals surface area contributed by atoms with Crippen molar-refractivity contribution in [2.24, 2.45) is 0 Å². The van der Waals surface area contributed by atoms with Crippen molar-refractivity contribution in [2.75, 3.05) is 31.2 Å². The van der Waals surface area contributed by atoms with Crippen LogP contribution in [-0.2, 0) is 10.5 Å². The number of hydrogen-bond donors (Lipinski definition) is 0. The Morgan fingerprint density at radius 1 is 1.10 bits per heavy atom. The number of thioether (sulfide) groups is 1. The second kappa shape index (κ2) is 8.70. The second-order valence-corrected chi connectivity index (χ2v) is 9.05. The lowest BCUT2D eigenvalue weighted by Crippen LogP contribution is -2.38. The normalized spacial score (nSPS) is 14.5. The van der Waals surface area contributed by atoms with Gasteiger partial charge in [-0.2, -0.15) is 0 Å². The molecule has 4 aromatic rings. The minimum atomic E-state index is 0.529. The van der Waals surface area contributed by atoms with E-state index in [0.717, 1.165) is 41.1 Å². The number of imidazole rings is 1. The van der Waals surface area contributed by atoms with Gasteiger partial charge in [-0.3, -0.25) is 4.57 Å². The largest absolute Gasteiger partial charge is 0.378 e. The average molecular weight is 475 g/mol. The Morgan fingerprint density at radius 3 is 2.71 bits per heavy atom. The Balaban J connectivity index is 1.48. The number of rotatable bonds is 5. The fraction of sp³-hybridized carbons (Fsp3) is 0.286. The predicted molar refractivity (Wildman–Crippen MR) is 124 cm³/mol. The third kappa shape index (κ3) is 4.13. The van der Waals surface area contributed by atoms with E-state index in [4.69, 9.17) is 27.9 Å². The number of para-hydroxylation sites is 1. The van der Waals surface area contributed by atoms with Gasteiger partial charge in [-0.1, -0.05) is 53.2 Å². The van der Waals surface area contributed by atoms with Crippen LogP contribution in [-0.4, -0.2) is 50.5 Å². The topological polar surface area (TPSA) is 60.5 Å². The number of nitrogens with zero attached hydrogens (tertiary/aromatic N) is 6. The standard InChI is InChI=1S/C21H20Cl2N6OS/c1-14-4-2-3-5-18(14)29-20(27-6-8-30-9-7-27)25-26-21(29)31-13-16-12-28-11-15(22)10-17(23)19(28)24-16/h2-5,10-12H,6-9,13H2,1H3. The van der Waals surface area contributed by atoms with Crippen LogP contribution in [0.1, 0.15) is 11.3 Å². The van der Waals surface area contributed by atoms with E-state index < -0.39 is 0 Å². The van der Waals surface area contributed by atoms with Crippen LogP contribution in [0.15, 0.2) is 47.9 Å². The molecule has 160 valence electrons. The number of aromatic nitrogens is 5. The predicted octanol–water partition coefficient (Wildman–Crippen LogP) is 4.66. The SMILES string of the molecule is Cc1ccccc1-n1c(SCc2cn3cc(Cl)cc(Cl)c3n2)nnc1N1CCOCC1. The first-order valence-corrected chi connectivity index (χ1v) is 11.6. The van der Waals surface area contributed by atoms with Crippen LogP contribution >= 0.6 is 35.0 Å². The van der Waals surface area contributed by atoms with Gasteiger partial charge in [0.05, 0.1) is 34.6 Å². The van der Waals surface area contributed by atoms with Gasteiger partial charge in [0.15, 0.2) is 10.8 Å². The smallest absolute Gasteiger partial charge is 0.232 e. The molecule has 0 atom stereocenters. The van der Waals surface area contributed by atoms with Crippen LogP contribution in [0.2, 0.25) is 10.0 Å². The number of anilines is 1. The lowest BCUT2D eigenvalue weighted by atomic mass is 10.2. The molecule has 7 nitrogen and oxygen atoms in total. The first-order chi connectivity index (χ1) is 15.1. The third-order valence-electron chi connectivity index (χ3n) is 5.14. The minimum absolute atomic E-state index is 0.529. The molecule has 1 saturated heterocycles. The molecular formula is C21H20Cl2N6OS. The van der Waals surface area contributed by atoms with Crippen LogP contribution in [0.25, 0.3) is 11.3 Å². The van der Waals surface area contributed by atoms with E-state index in [9.17, 15) is 0 Å². The van der Waals surface area contributed by atoms with Crippen LogP contribution in [0, 0.1) is 6.92 Å². The molecule has 0 spiro atoms. The highest BCUT2D eigenvalue weighted by atomic mass is 35.5. The van der Waals surface area contributed by atoms with Crippen molar-refractivity contribution in [1.29, 1.82) is 0 Å². The Morgan fingerprint density at radius 2 is 1.90 bits per heavy atom. The van der Waals surface area contributed by atoms with Gasteiger partial charge in [0, 0.05) is 31.2 Å². The number of morpholine rings is 1. The molecule has 0 unspecified atom stereocenters. The third-order valence-corrected chi connectivity index (χ3v) is 6.59. The lowest BCUT2D eigenvalue weighted by Gasteiger charge is -2.28. The molecule has 0 N–H and O–H groups in total. The highest BCUT2D eigenvalue weighted by molar-refractivity contribution is 7.98. The van der Waals surface area contributed by atoms with E-state index in [-0.39, 0.29) is 0 Å². The maximum Gasteiger partial charge on any atom is 0.232 e. The number of fused-ring (bicyclic) bond motifs is 1. The maximum atomic E-state index is 6.29. The summed E-state index contributed by atoms with van der Waals surface area (Å²) in [4.78, 5) is 6.87. The van der Waals surface area contributed by atoms with Gasteiger partial charge in [0.1, 0.15) is 0 Å². The summed E-state index contributed by atoms with van der Waals surface area (Å²) in [5, 5.41) is 11.0. The van der Waals surface area contributed by atoms with E-state index >= 15 is 0 Å². The van der Waals surface area contributed by atoms with E-state index in [0.29, 0.717) is 34.7 Å². The molecule has 0 saturated carbocycles. The molecule has 4 heterocycles. The van der Waals surface area contributed by atoms with Crippen molar-refractivity contribution in [2.45, 2.75) is 17.8 Å². The molecular weight excluding hydrogens is 455 g/mol. The van der Waals surface area contributed by atoms with E-state index in [1.54, 1.807) is 24.0 Å². The number of halogens is 2. The molecule has 5 rings (SSSR count). The zero-order chi connectivity index (χ0) is 21.4. The summed E-state index contributed by atoms with van der Waals surface area (Å²) in [5.74, 6) is 1.47. The molecule has 1 fully saturated rings. The second-order valence-electron chi connectivity index (χ2n) is 7.26. The van der Waals surface area contributed by atoms with Gasteiger partial charge in [0.25, 0.3) is 0 Å². The molecule has 10 heteroatoms. The monoisotopic (exact) mass is 474 g/mol. The number of aryl methyl sites for hydroxylation is 1. The van der Waals surface area contributed by atoms with Gasteiger partial charge < -0.3 is 14.0 Å². The Hall–Kier alpha value is -2.26. The van der Waals surface area contributed by atoms with E-state index in [2.05, 4.69) is 43.7 Å². The first kappa shape index (κ1) is 20.6. The number of pyridine rings is 1. The van der Waals surface area contributed by atoms with Gasteiger partial charge in [-0.05, 0) is 24.6 Å². The van der Waals surface area contributed by atoms with Gasteiger partial charge in [-0.15, -0.1) is 10.2 Å². The van der Waals surface area contributed by atoms with Crippen molar-refractivity contribution >= 4 is 46.6 Å². The molecule has 1 aliphatic rings. The minimum Gasteiger partial charge on any atom is -0.378 e. The summed E-state index contributed by atoms with van der Waals surface area (Å²) in [6.07, 6.45) is 3.74. The fourth-order valence-electron chi connectivity index (χ4n) is 3.63. The molecule has 0 radical (unpaired) electrons.